The number of nitrogens with zero attached hydrogens (tertiary/aromatic N) is 3. The molecule has 0 atom stereocenters. The van der Waals surface area contributed by atoms with Crippen LogP contribution in [0.5, 0.6) is 0 Å². The van der Waals surface area contributed by atoms with Crippen LogP contribution in [0.15, 0.2) is 35.8 Å². The van der Waals surface area contributed by atoms with Crippen LogP contribution in [-0.2, 0) is 4.74 Å². The van der Waals surface area contributed by atoms with Gasteiger partial charge in [0.2, 0.25) is 0 Å². The minimum atomic E-state index is -0.701. The molecule has 2 aromatic heterocycles. The topological polar surface area (TPSA) is 69.0 Å². The van der Waals surface area contributed by atoms with Gasteiger partial charge in [0.25, 0.3) is 5.91 Å². The minimum Gasteiger partial charge on any atom is -0.381 e. The fourth-order valence-electron chi connectivity index (χ4n) is 2.96. The van der Waals surface area contributed by atoms with E-state index < -0.39 is 17.5 Å². The summed E-state index contributed by atoms with van der Waals surface area (Å²) in [5, 5.41) is 8.70. The van der Waals surface area contributed by atoms with Crippen molar-refractivity contribution in [3.05, 3.63) is 53.2 Å². The molecule has 1 fully saturated rings. The number of nitrogens with one attached hydrogen (secondary N) is 1. The number of amides is 1. The Morgan fingerprint density at radius 2 is 1.96 bits per heavy atom. The van der Waals surface area contributed by atoms with Crippen molar-refractivity contribution < 1.29 is 18.3 Å². The van der Waals surface area contributed by atoms with Gasteiger partial charge < -0.3 is 4.74 Å². The number of rotatable bonds is 4. The summed E-state index contributed by atoms with van der Waals surface area (Å²) < 4.78 is 34.8. The summed E-state index contributed by atoms with van der Waals surface area (Å²) in [6, 6.07) is 5.47. The number of aromatic nitrogens is 3. The number of carbonyl (C=O) groups excluding carboxylic acids is 1. The maximum Gasteiger partial charge on any atom is 0.277 e. The first-order valence-electron chi connectivity index (χ1n) is 8.46. The van der Waals surface area contributed by atoms with Gasteiger partial charge in [0.1, 0.15) is 11.6 Å². The molecule has 0 radical (unpaired) electrons. The third kappa shape index (κ3) is 3.74. The van der Waals surface area contributed by atoms with Crippen molar-refractivity contribution in [2.24, 2.45) is 0 Å². The van der Waals surface area contributed by atoms with Gasteiger partial charge in [-0.1, -0.05) is 6.07 Å². The Hall–Kier alpha value is -2.65. The van der Waals surface area contributed by atoms with Crippen LogP contribution < -0.4 is 5.32 Å². The molecule has 1 amide bonds. The number of benzene rings is 1. The number of ether oxygens (including phenoxy) is 1. The Kier molecular flexibility index (Phi) is 4.95. The number of anilines is 1. The molecule has 1 aromatic carbocycles. The van der Waals surface area contributed by atoms with E-state index in [9.17, 15) is 13.6 Å². The van der Waals surface area contributed by atoms with Crippen molar-refractivity contribution in [2.45, 2.75) is 18.9 Å². The summed E-state index contributed by atoms with van der Waals surface area (Å²) in [5.41, 5.74) is 0.187. The summed E-state index contributed by atoms with van der Waals surface area (Å²) in [6.45, 7) is 1.36. The highest BCUT2D eigenvalue weighted by Crippen LogP contribution is 2.29. The van der Waals surface area contributed by atoms with E-state index in [1.54, 1.807) is 16.9 Å². The van der Waals surface area contributed by atoms with Gasteiger partial charge in [-0.15, -0.1) is 11.3 Å². The lowest BCUT2D eigenvalue weighted by Gasteiger charge is -2.22. The average Bonchev–Trinajstić information content (AvgIpc) is 3.32. The molecule has 1 saturated heterocycles. The number of halogens is 2. The van der Waals surface area contributed by atoms with E-state index in [0.29, 0.717) is 13.2 Å². The van der Waals surface area contributed by atoms with Gasteiger partial charge in [-0.25, -0.2) is 13.8 Å². The van der Waals surface area contributed by atoms with Crippen LogP contribution in [0, 0.1) is 11.6 Å². The van der Waals surface area contributed by atoms with Crippen molar-refractivity contribution in [1.82, 2.24) is 14.8 Å². The lowest BCUT2D eigenvalue weighted by Crippen LogP contribution is -2.21. The highest BCUT2D eigenvalue weighted by Gasteiger charge is 2.20. The van der Waals surface area contributed by atoms with E-state index in [1.807, 2.05) is 0 Å². The molecule has 0 spiro atoms. The molecule has 9 heteroatoms. The number of hydrogen-bond acceptors (Lipinski definition) is 5. The zero-order valence-corrected chi connectivity index (χ0v) is 15.0. The molecular weight excluding hydrogens is 374 g/mol. The molecule has 3 aromatic rings. The number of carbonyl (C=O) groups is 1. The van der Waals surface area contributed by atoms with E-state index in [2.05, 4.69) is 15.4 Å². The van der Waals surface area contributed by atoms with Crippen LogP contribution in [-0.4, -0.2) is 33.9 Å². The molecule has 1 aliphatic heterocycles. The lowest BCUT2D eigenvalue weighted by atomic mass is 10.1. The Balaban J connectivity index is 1.48. The van der Waals surface area contributed by atoms with Gasteiger partial charge in [0, 0.05) is 24.8 Å². The Morgan fingerprint density at radius 1 is 1.22 bits per heavy atom. The van der Waals surface area contributed by atoms with Crippen LogP contribution in [0.2, 0.25) is 0 Å². The standard InChI is InChI=1S/C18H16F2N4O2S/c19-12-2-1-3-13(20)16(12)15-10-27-18(21-15)22-17(25)14-4-7-24(23-14)11-5-8-26-9-6-11/h1-4,7,10-11H,5-6,8-9H2,(H,21,22,25). The molecule has 0 aliphatic carbocycles. The Labute approximate surface area is 157 Å². The quantitative estimate of drug-likeness (QED) is 0.734. The van der Waals surface area contributed by atoms with Crippen molar-refractivity contribution in [1.29, 1.82) is 0 Å². The Morgan fingerprint density at radius 3 is 2.70 bits per heavy atom. The maximum atomic E-state index is 13.9. The summed E-state index contributed by atoms with van der Waals surface area (Å²) in [5.74, 6) is -1.82. The highest BCUT2D eigenvalue weighted by atomic mass is 32.1. The molecule has 0 saturated carbocycles. The van der Waals surface area contributed by atoms with E-state index >= 15 is 0 Å². The summed E-state index contributed by atoms with van der Waals surface area (Å²) in [4.78, 5) is 16.5. The van der Waals surface area contributed by atoms with E-state index in [4.69, 9.17) is 4.74 Å². The number of hydrogen-bond donors (Lipinski definition) is 1. The lowest BCUT2D eigenvalue weighted by molar-refractivity contribution is 0.0661. The predicted octanol–water partition coefficient (Wildman–Crippen LogP) is 3.89. The van der Waals surface area contributed by atoms with Crippen LogP contribution in [0.3, 0.4) is 0 Å². The molecule has 1 N–H and O–H groups in total. The van der Waals surface area contributed by atoms with Gasteiger partial charge in [0.15, 0.2) is 10.8 Å². The highest BCUT2D eigenvalue weighted by molar-refractivity contribution is 7.14. The summed E-state index contributed by atoms with van der Waals surface area (Å²) >= 11 is 1.09. The third-order valence-electron chi connectivity index (χ3n) is 4.35. The van der Waals surface area contributed by atoms with Crippen LogP contribution >= 0.6 is 11.3 Å². The van der Waals surface area contributed by atoms with Gasteiger partial charge >= 0.3 is 0 Å². The second-order valence-electron chi connectivity index (χ2n) is 6.11. The Bertz CT molecular complexity index is 946. The third-order valence-corrected chi connectivity index (χ3v) is 5.11. The fourth-order valence-corrected chi connectivity index (χ4v) is 3.66. The van der Waals surface area contributed by atoms with Gasteiger partial charge in [-0.3, -0.25) is 14.8 Å². The zero-order chi connectivity index (χ0) is 18.8. The molecular formula is C18H16F2N4O2S. The van der Waals surface area contributed by atoms with Crippen molar-refractivity contribution in [2.75, 3.05) is 18.5 Å². The first-order valence-corrected chi connectivity index (χ1v) is 9.34. The van der Waals surface area contributed by atoms with Crippen molar-refractivity contribution in [3.8, 4) is 11.3 Å². The monoisotopic (exact) mass is 390 g/mol. The minimum absolute atomic E-state index is 0.138. The predicted molar refractivity (Wildman–Crippen MR) is 96.7 cm³/mol. The van der Waals surface area contributed by atoms with Crippen LogP contribution in [0.4, 0.5) is 13.9 Å². The first-order chi connectivity index (χ1) is 13.1. The van der Waals surface area contributed by atoms with Crippen LogP contribution in [0.25, 0.3) is 11.3 Å². The molecule has 0 bridgehead atoms. The maximum absolute atomic E-state index is 13.9. The van der Waals surface area contributed by atoms with Gasteiger partial charge in [-0.05, 0) is 31.0 Å². The number of thiazole rings is 1. The molecule has 4 rings (SSSR count). The fraction of sp³-hybridized carbons (Fsp3) is 0.278. The van der Waals surface area contributed by atoms with E-state index in [-0.39, 0.29) is 28.1 Å². The van der Waals surface area contributed by atoms with Gasteiger partial charge in [0.05, 0.1) is 17.3 Å². The normalized spacial score (nSPS) is 15.0. The molecule has 3 heterocycles. The average molecular weight is 390 g/mol. The SMILES string of the molecule is O=C(Nc1nc(-c2c(F)cccc2F)cs1)c1ccn(C2CCOCC2)n1. The van der Waals surface area contributed by atoms with E-state index in [1.165, 1.54) is 23.6 Å². The second kappa shape index (κ2) is 7.53. The van der Waals surface area contributed by atoms with Crippen molar-refractivity contribution >= 4 is 22.4 Å². The first kappa shape index (κ1) is 17.7. The van der Waals surface area contributed by atoms with Gasteiger partial charge in [-0.2, -0.15) is 5.10 Å². The molecule has 140 valence electrons. The largest absolute Gasteiger partial charge is 0.381 e. The van der Waals surface area contributed by atoms with E-state index in [0.717, 1.165) is 24.2 Å². The molecule has 1 aliphatic rings. The van der Waals surface area contributed by atoms with Crippen LogP contribution in [0.1, 0.15) is 29.4 Å². The zero-order valence-electron chi connectivity index (χ0n) is 14.2. The van der Waals surface area contributed by atoms with Crippen molar-refractivity contribution in [3.63, 3.8) is 0 Å². The smallest absolute Gasteiger partial charge is 0.277 e. The summed E-state index contributed by atoms with van der Waals surface area (Å²) in [7, 11) is 0. The second-order valence-corrected chi connectivity index (χ2v) is 6.97. The molecule has 27 heavy (non-hydrogen) atoms. The molecule has 0 unspecified atom stereocenters. The summed E-state index contributed by atoms with van der Waals surface area (Å²) in [6.07, 6.45) is 3.48. The molecule has 6 nitrogen and oxygen atoms in total.